The van der Waals surface area contributed by atoms with E-state index in [9.17, 15) is 8.42 Å². The van der Waals surface area contributed by atoms with Gasteiger partial charge in [-0.05, 0) is 24.3 Å². The molecule has 0 fully saturated rings. The van der Waals surface area contributed by atoms with Crippen molar-refractivity contribution in [2.45, 2.75) is 4.90 Å². The van der Waals surface area contributed by atoms with Crippen molar-refractivity contribution >= 4 is 27.4 Å². The summed E-state index contributed by atoms with van der Waals surface area (Å²) in [5.41, 5.74) is 0.372. The third kappa shape index (κ3) is 2.99. The summed E-state index contributed by atoms with van der Waals surface area (Å²) >= 11 is 5.72. The Hall–Kier alpha value is -2.17. The number of aromatic nitrogens is 2. The lowest BCUT2D eigenvalue weighted by atomic mass is 10.2. The molecule has 1 aromatic heterocycles. The first-order valence-electron chi connectivity index (χ1n) is 5.02. The molecule has 96 valence electrons. The number of nitrogens with one attached hydrogen (secondary N) is 1. The van der Waals surface area contributed by atoms with Crippen molar-refractivity contribution in [3.8, 4) is 6.07 Å². The zero-order valence-electron chi connectivity index (χ0n) is 9.41. The molecule has 1 aromatic carbocycles. The van der Waals surface area contributed by atoms with E-state index in [2.05, 4.69) is 14.7 Å². The molecule has 19 heavy (non-hydrogen) atoms. The van der Waals surface area contributed by atoms with E-state index in [4.69, 9.17) is 16.9 Å². The fourth-order valence-corrected chi connectivity index (χ4v) is 2.51. The summed E-state index contributed by atoms with van der Waals surface area (Å²) in [6.45, 7) is 0. The second kappa shape index (κ2) is 5.22. The van der Waals surface area contributed by atoms with Crippen LogP contribution in [0.5, 0.6) is 0 Å². The van der Waals surface area contributed by atoms with Crippen molar-refractivity contribution in [1.29, 1.82) is 5.26 Å². The van der Waals surface area contributed by atoms with Crippen LogP contribution >= 0.6 is 11.6 Å². The van der Waals surface area contributed by atoms with Crippen LogP contribution in [0.1, 0.15) is 5.56 Å². The molecule has 1 heterocycles. The minimum Gasteiger partial charge on any atom is -0.261 e. The molecule has 0 aliphatic heterocycles. The van der Waals surface area contributed by atoms with Crippen LogP contribution in [0, 0.1) is 11.3 Å². The standard InChI is InChI=1S/C11H7ClN4O2S/c12-10-11(15-6-5-14-10)16-19(17,18)9-3-1-8(7-13)2-4-9/h1-6H,(H,15,16). The van der Waals surface area contributed by atoms with E-state index in [0.717, 1.165) is 0 Å². The zero-order valence-corrected chi connectivity index (χ0v) is 11.0. The van der Waals surface area contributed by atoms with E-state index in [1.54, 1.807) is 0 Å². The largest absolute Gasteiger partial charge is 0.263 e. The molecule has 0 radical (unpaired) electrons. The number of benzene rings is 1. The van der Waals surface area contributed by atoms with Gasteiger partial charge in [0.05, 0.1) is 16.5 Å². The molecule has 8 heteroatoms. The third-order valence-corrected chi connectivity index (χ3v) is 3.81. The number of anilines is 1. The summed E-state index contributed by atoms with van der Waals surface area (Å²) in [4.78, 5) is 7.51. The van der Waals surface area contributed by atoms with Crippen LogP contribution in [0.15, 0.2) is 41.6 Å². The van der Waals surface area contributed by atoms with Gasteiger partial charge in [-0.3, -0.25) is 4.72 Å². The van der Waals surface area contributed by atoms with Gasteiger partial charge in [0.1, 0.15) is 0 Å². The van der Waals surface area contributed by atoms with E-state index in [1.165, 1.54) is 36.7 Å². The van der Waals surface area contributed by atoms with E-state index >= 15 is 0 Å². The Morgan fingerprint density at radius 2 is 1.79 bits per heavy atom. The van der Waals surface area contributed by atoms with Crippen LogP contribution in [0.2, 0.25) is 5.15 Å². The van der Waals surface area contributed by atoms with E-state index < -0.39 is 10.0 Å². The van der Waals surface area contributed by atoms with Crippen molar-refractivity contribution in [1.82, 2.24) is 9.97 Å². The molecule has 2 rings (SSSR count). The molecule has 2 aromatic rings. The summed E-state index contributed by atoms with van der Waals surface area (Å²) in [7, 11) is -3.81. The average molecular weight is 295 g/mol. The maximum Gasteiger partial charge on any atom is 0.263 e. The highest BCUT2D eigenvalue weighted by Gasteiger charge is 2.16. The molecule has 0 bridgehead atoms. The molecule has 0 saturated carbocycles. The quantitative estimate of drug-likeness (QED) is 0.931. The van der Waals surface area contributed by atoms with E-state index in [-0.39, 0.29) is 15.9 Å². The summed E-state index contributed by atoms with van der Waals surface area (Å²) < 4.78 is 26.3. The lowest BCUT2D eigenvalue weighted by Gasteiger charge is -2.07. The molecular formula is C11H7ClN4O2S. The SMILES string of the molecule is N#Cc1ccc(S(=O)(=O)Nc2nccnc2Cl)cc1. The lowest BCUT2D eigenvalue weighted by molar-refractivity contribution is 0.601. The molecular weight excluding hydrogens is 288 g/mol. The molecule has 0 aliphatic carbocycles. The highest BCUT2D eigenvalue weighted by molar-refractivity contribution is 7.92. The van der Waals surface area contributed by atoms with E-state index in [0.29, 0.717) is 5.56 Å². The topological polar surface area (TPSA) is 95.7 Å². The molecule has 0 atom stereocenters. The van der Waals surface area contributed by atoms with Gasteiger partial charge in [-0.2, -0.15) is 5.26 Å². The highest BCUT2D eigenvalue weighted by Crippen LogP contribution is 2.19. The van der Waals surface area contributed by atoms with Crippen LogP contribution in [-0.4, -0.2) is 18.4 Å². The number of hydrogen-bond donors (Lipinski definition) is 1. The number of sulfonamides is 1. The summed E-state index contributed by atoms with van der Waals surface area (Å²) in [5.74, 6) is -0.0477. The fraction of sp³-hybridized carbons (Fsp3) is 0. The first-order chi connectivity index (χ1) is 9.03. The van der Waals surface area contributed by atoms with Gasteiger partial charge in [0.2, 0.25) is 0 Å². The number of nitriles is 1. The van der Waals surface area contributed by atoms with Gasteiger partial charge < -0.3 is 0 Å². The Labute approximate surface area is 114 Å². The lowest BCUT2D eigenvalue weighted by Crippen LogP contribution is -2.14. The monoisotopic (exact) mass is 294 g/mol. The first-order valence-corrected chi connectivity index (χ1v) is 6.88. The zero-order chi connectivity index (χ0) is 13.9. The third-order valence-electron chi connectivity index (χ3n) is 2.18. The van der Waals surface area contributed by atoms with Crippen molar-refractivity contribution in [3.63, 3.8) is 0 Å². The summed E-state index contributed by atoms with van der Waals surface area (Å²) in [6.07, 6.45) is 2.67. The van der Waals surface area contributed by atoms with Gasteiger partial charge in [0.15, 0.2) is 11.0 Å². The van der Waals surface area contributed by atoms with Crippen LogP contribution in [0.4, 0.5) is 5.82 Å². The molecule has 0 aliphatic rings. The van der Waals surface area contributed by atoms with Crippen molar-refractivity contribution in [2.24, 2.45) is 0 Å². The van der Waals surface area contributed by atoms with Gasteiger partial charge >= 0.3 is 0 Å². The molecule has 0 saturated heterocycles. The Morgan fingerprint density at radius 1 is 1.16 bits per heavy atom. The number of halogens is 1. The van der Waals surface area contributed by atoms with Crippen LogP contribution < -0.4 is 4.72 Å². The van der Waals surface area contributed by atoms with Crippen molar-refractivity contribution < 1.29 is 8.42 Å². The average Bonchev–Trinajstić information content (AvgIpc) is 2.41. The Morgan fingerprint density at radius 3 is 2.37 bits per heavy atom. The maximum atomic E-state index is 12.0. The maximum absolute atomic E-state index is 12.0. The van der Waals surface area contributed by atoms with Crippen LogP contribution in [-0.2, 0) is 10.0 Å². The van der Waals surface area contributed by atoms with Gasteiger partial charge in [-0.25, -0.2) is 18.4 Å². The Kier molecular flexibility index (Phi) is 3.64. The van der Waals surface area contributed by atoms with Gasteiger partial charge in [-0.15, -0.1) is 0 Å². The second-order valence-corrected chi connectivity index (χ2v) is 5.48. The second-order valence-electron chi connectivity index (χ2n) is 3.44. The highest BCUT2D eigenvalue weighted by atomic mass is 35.5. The van der Waals surface area contributed by atoms with Gasteiger partial charge in [-0.1, -0.05) is 11.6 Å². The molecule has 6 nitrogen and oxygen atoms in total. The van der Waals surface area contributed by atoms with Crippen molar-refractivity contribution in [2.75, 3.05) is 4.72 Å². The number of hydrogen-bond acceptors (Lipinski definition) is 5. The summed E-state index contributed by atoms with van der Waals surface area (Å²) in [6, 6.07) is 7.37. The van der Waals surface area contributed by atoms with E-state index in [1.807, 2.05) is 6.07 Å². The molecule has 1 N–H and O–H groups in total. The normalized spacial score (nSPS) is 10.7. The fourth-order valence-electron chi connectivity index (χ4n) is 1.28. The molecule has 0 unspecified atom stereocenters. The van der Waals surface area contributed by atoms with Crippen LogP contribution in [0.3, 0.4) is 0 Å². The predicted octanol–water partition coefficient (Wildman–Crippen LogP) is 1.80. The molecule has 0 spiro atoms. The first kappa shape index (κ1) is 13.3. The minimum atomic E-state index is -3.81. The Bertz CT molecular complexity index is 738. The van der Waals surface area contributed by atoms with Crippen molar-refractivity contribution in [3.05, 3.63) is 47.4 Å². The molecule has 0 amide bonds. The number of nitrogens with zero attached hydrogens (tertiary/aromatic N) is 3. The smallest absolute Gasteiger partial charge is 0.261 e. The summed E-state index contributed by atoms with van der Waals surface area (Å²) in [5, 5.41) is 8.61. The minimum absolute atomic E-state index is 0.00761. The van der Waals surface area contributed by atoms with Gasteiger partial charge in [0, 0.05) is 12.4 Å². The predicted molar refractivity (Wildman–Crippen MR) is 69.0 cm³/mol. The van der Waals surface area contributed by atoms with Crippen LogP contribution in [0.25, 0.3) is 0 Å². The number of rotatable bonds is 3. The Balaban J connectivity index is 2.33. The van der Waals surface area contributed by atoms with Gasteiger partial charge in [0.25, 0.3) is 10.0 Å².